The number of nitrogens with zero attached hydrogens (tertiary/aromatic N) is 3. The van der Waals surface area contributed by atoms with Crippen LogP contribution in [0.1, 0.15) is 255 Å². The number of rotatable bonds is 0. The number of alkyl halides is 3. The number of thiol groups is 1. The van der Waals surface area contributed by atoms with Crippen LogP contribution in [0.5, 0.6) is 0 Å². The quantitative estimate of drug-likeness (QED) is 0.0928. The van der Waals surface area contributed by atoms with Gasteiger partial charge in [-0.2, -0.15) is 0 Å². The van der Waals surface area contributed by atoms with Gasteiger partial charge in [-0.3, -0.25) is 0 Å². The molecule has 1 radical (unpaired) electrons. The second-order valence-corrected chi connectivity index (χ2v) is 34.1. The summed E-state index contributed by atoms with van der Waals surface area (Å²) in [7, 11) is 4.34. The van der Waals surface area contributed by atoms with Crippen LogP contribution in [0.25, 0.3) is 0 Å². The van der Waals surface area contributed by atoms with Crippen molar-refractivity contribution >= 4 is 105 Å². The van der Waals surface area contributed by atoms with Gasteiger partial charge in [0, 0.05) is 37.0 Å². The minimum absolute atomic E-state index is 0.0697. The molecule has 9 heteroatoms. The van der Waals surface area contributed by atoms with Crippen LogP contribution in [-0.4, -0.2) is 11.9 Å². The van der Waals surface area contributed by atoms with Crippen LogP contribution >= 0.6 is 63.5 Å². The molecule has 0 unspecified atom stereocenters. The molecule has 0 fully saturated rings. The Morgan fingerprint density at radius 2 is 0.525 bits per heavy atom. The Bertz CT molecular complexity index is 3370. The maximum absolute atomic E-state index is 4.81. The molecule has 80 heavy (non-hydrogen) atoms. The van der Waals surface area contributed by atoms with E-state index in [-0.39, 0.29) is 54.1 Å². The first-order valence-electron chi connectivity index (χ1n) is 28.7. The first-order valence-corrected chi connectivity index (χ1v) is 31.2. The van der Waals surface area contributed by atoms with Gasteiger partial charge < -0.3 is 9.80 Å². The molecule has 0 atom stereocenters. The van der Waals surface area contributed by atoms with Gasteiger partial charge in [-0.1, -0.05) is 284 Å². The van der Waals surface area contributed by atoms with E-state index in [1.807, 2.05) is 0 Å². The molecule has 3 nitrogen and oxygen atoms in total. The third-order valence-electron chi connectivity index (χ3n) is 19.4. The van der Waals surface area contributed by atoms with Crippen molar-refractivity contribution in [2.24, 2.45) is 4.30 Å². The van der Waals surface area contributed by atoms with Crippen LogP contribution in [0.4, 0.5) is 34.1 Å². The maximum atomic E-state index is 4.81. The average Bonchev–Trinajstić information content (AvgIpc) is 3.27. The zero-order valence-corrected chi connectivity index (χ0v) is 57.2. The van der Waals surface area contributed by atoms with Gasteiger partial charge >= 0.3 is 24.8 Å². The molecule has 6 aliphatic rings. The fraction of sp³-hybridized carbons (Fsp3) is 0.493. The number of para-hydroxylation sites is 1. The van der Waals surface area contributed by atoms with E-state index >= 15 is 0 Å². The normalized spacial score (nSPS) is 18.5. The van der Waals surface area contributed by atoms with Gasteiger partial charge in [-0.05, 0) is 123 Å². The van der Waals surface area contributed by atoms with Gasteiger partial charge in [0.1, 0.15) is 0 Å². The van der Waals surface area contributed by atoms with E-state index in [4.69, 9.17) is 34.8 Å². The summed E-state index contributed by atoms with van der Waals surface area (Å²) in [6.45, 7) is 57.6. The third kappa shape index (κ3) is 9.08. The molecule has 6 heterocycles. The van der Waals surface area contributed by atoms with E-state index in [0.29, 0.717) is 0 Å². The standard InChI is InChI=1S/C35H42BrN.C35H43N.CHCl3.BHNS/c1-31(2,3)19-13-22-28-24(15-19)34(9,10)26-17-21(36)18-27-30(26)37(28)29-23(33(22,7)8)14-20(32(4,5)6)16-25(29)35(27,11)12;1-31(2,3)20-16-24-29-26(18-20)35(11,12)27-19-21(32(4,5)6)17-25-30(27)36(29)28-22(33(24,7)8)14-13-15-23(28)34(25,9)10;2-1(3)4;1-2-3/h13-18H,1-12H3;13-19H,1-12H3;1H;3H. The van der Waals surface area contributed by atoms with Crippen LogP contribution in [0, 0.1) is 0 Å². The SMILES string of the molecule is CC(C)(C)c1cc2c3c(c1)C(C)(C)c1cc(C(C)(C)C)cc4c1N3c1c(cc(Br)cc1C4(C)C)C2(C)C.CC(C)(C)c1cc2c3c(c1)C(C)(C)c1cc(C(C)(C)C)cc4c1N3c1c(cccc1C4(C)C)C2(C)C.ClC(Cl)Cl.[B]=NS. The summed E-state index contributed by atoms with van der Waals surface area (Å²) in [6.07, 6.45) is 0. The zero-order chi connectivity index (χ0) is 59.9. The Hall–Kier alpha value is -3.52. The first kappa shape index (κ1) is 61.1. The molecule has 0 saturated carbocycles. The van der Waals surface area contributed by atoms with Gasteiger partial charge in [0.05, 0.1) is 34.1 Å². The Labute approximate surface area is 512 Å². The van der Waals surface area contributed by atoms with E-state index in [1.165, 1.54) is 128 Å². The summed E-state index contributed by atoms with van der Waals surface area (Å²) in [5, 5.41) is 0. The summed E-state index contributed by atoms with van der Waals surface area (Å²) in [6, 6.07) is 32.1. The molecule has 0 aliphatic carbocycles. The Kier molecular flexibility index (Phi) is 14.5. The second-order valence-electron chi connectivity index (χ2n) is 31.0. The molecule has 12 rings (SSSR count). The molecule has 0 bridgehead atoms. The van der Waals surface area contributed by atoms with Crippen molar-refractivity contribution in [3.63, 3.8) is 0 Å². The summed E-state index contributed by atoms with van der Waals surface area (Å²) in [5.41, 5.74) is 31.5. The van der Waals surface area contributed by atoms with Gasteiger partial charge in [0.2, 0.25) is 0 Å². The van der Waals surface area contributed by atoms with E-state index in [0.717, 1.165) is 0 Å². The van der Waals surface area contributed by atoms with Crippen LogP contribution in [0.2, 0.25) is 0 Å². The molecule has 6 aliphatic heterocycles. The van der Waals surface area contributed by atoms with Gasteiger partial charge in [0.15, 0.2) is 4.30 Å². The summed E-state index contributed by atoms with van der Waals surface area (Å²) >= 11 is 21.5. The van der Waals surface area contributed by atoms with Crippen molar-refractivity contribution in [3.05, 3.63) is 172 Å². The second kappa shape index (κ2) is 19.0. The Morgan fingerprint density at radius 1 is 0.375 bits per heavy atom. The van der Waals surface area contributed by atoms with Crippen molar-refractivity contribution in [1.82, 2.24) is 0 Å². The van der Waals surface area contributed by atoms with Crippen LogP contribution < -0.4 is 9.80 Å². The molecular weight excluding hydrogens is 1120 g/mol. The van der Waals surface area contributed by atoms with E-state index in [2.05, 4.69) is 296 Å². The summed E-state index contributed by atoms with van der Waals surface area (Å²) < 4.78 is 3.12. The summed E-state index contributed by atoms with van der Waals surface area (Å²) in [4.78, 5) is 5.35. The number of halogens is 4. The summed E-state index contributed by atoms with van der Waals surface area (Å²) in [5.74, 6) is 0. The van der Waals surface area contributed by atoms with Crippen molar-refractivity contribution in [1.29, 1.82) is 0 Å². The number of benzene rings is 6. The molecule has 0 saturated heterocycles. The van der Waals surface area contributed by atoms with Crippen LogP contribution in [-0.2, 0) is 54.1 Å². The van der Waals surface area contributed by atoms with E-state index in [9.17, 15) is 0 Å². The van der Waals surface area contributed by atoms with Gasteiger partial charge in [0.25, 0.3) is 0 Å². The van der Waals surface area contributed by atoms with Gasteiger partial charge in [-0.25, -0.2) is 0 Å². The van der Waals surface area contributed by atoms with E-state index < -0.39 is 4.30 Å². The fourth-order valence-electron chi connectivity index (χ4n) is 14.2. The van der Waals surface area contributed by atoms with E-state index in [1.54, 1.807) is 0 Å². The minimum atomic E-state index is -0.750. The van der Waals surface area contributed by atoms with Gasteiger partial charge in [-0.15, -0.1) is 0 Å². The van der Waals surface area contributed by atoms with Crippen molar-refractivity contribution in [2.75, 3.05) is 9.80 Å². The molecule has 0 spiro atoms. The number of anilines is 6. The van der Waals surface area contributed by atoms with Crippen LogP contribution in [0.3, 0.4) is 0 Å². The molecule has 423 valence electrons. The van der Waals surface area contributed by atoms with Crippen molar-refractivity contribution < 1.29 is 0 Å². The molecule has 6 aromatic rings. The predicted molar refractivity (Wildman–Crippen MR) is 356 cm³/mol. The van der Waals surface area contributed by atoms with Crippen LogP contribution in [0.15, 0.2) is 87.6 Å². The number of hydrogen-bond donors (Lipinski definition) is 1. The third-order valence-corrected chi connectivity index (χ3v) is 19.9. The molecule has 0 amide bonds. The Morgan fingerprint density at radius 3 is 0.700 bits per heavy atom. The van der Waals surface area contributed by atoms with Crippen molar-refractivity contribution in [3.8, 4) is 0 Å². The number of hydrogen-bond acceptors (Lipinski definition) is 4. The molecule has 0 N–H and O–H groups in total. The average molecular weight is 1210 g/mol. The first-order chi connectivity index (χ1) is 36.3. The monoisotopic (exact) mass is 1210 g/mol. The predicted octanol–water partition coefficient (Wildman–Crippen LogP) is 22.3. The topological polar surface area (TPSA) is 18.8 Å². The molecular formula is C71H87BBrCl3N3S. The Balaban J connectivity index is 0.000000174. The zero-order valence-electron chi connectivity index (χ0n) is 52.5. The van der Waals surface area contributed by atoms with Crippen molar-refractivity contribution in [2.45, 2.75) is 225 Å². The fourth-order valence-corrected chi connectivity index (χ4v) is 14.6. The molecule has 0 aromatic heterocycles. The molecule has 6 aromatic carbocycles.